The quantitative estimate of drug-likeness (QED) is 0.629. The molecule has 1 amide bonds. The van der Waals surface area contributed by atoms with Gasteiger partial charge in [0.15, 0.2) is 6.61 Å². The number of aryl methyl sites for hydroxylation is 2. The van der Waals surface area contributed by atoms with E-state index in [0.29, 0.717) is 15.6 Å². The number of nitrogens with zero attached hydrogens (tertiary/aromatic N) is 1. The minimum atomic E-state index is -0.366. The smallest absolute Gasteiger partial charge is 0.277 e. The predicted molar refractivity (Wildman–Crippen MR) is 98.3 cm³/mol. The van der Waals surface area contributed by atoms with Crippen molar-refractivity contribution in [1.82, 2.24) is 5.43 Å². The topological polar surface area (TPSA) is 50.7 Å². The predicted octanol–water partition coefficient (Wildman–Crippen LogP) is 4.45. The number of hydrogen-bond donors (Lipinski definition) is 1. The van der Waals surface area contributed by atoms with Gasteiger partial charge in [-0.15, -0.1) is 0 Å². The third-order valence-corrected chi connectivity index (χ3v) is 4.26. The Balaban J connectivity index is 1.95. The Morgan fingerprint density at radius 2 is 1.75 bits per heavy atom. The standard InChI is InChI=1S/C18H18Cl2N2O2/c1-11-7-8-12(2)18(13(11)3)24-10-17(23)22-21-9-14-15(19)5-4-6-16(14)20/h4-9H,10H2,1-3H3,(H,22,23)/b21-9-. The molecule has 24 heavy (non-hydrogen) atoms. The van der Waals surface area contributed by atoms with Crippen LogP contribution >= 0.6 is 23.2 Å². The van der Waals surface area contributed by atoms with E-state index in [1.165, 1.54) is 6.21 Å². The molecular formula is C18H18Cl2N2O2. The normalized spacial score (nSPS) is 10.9. The summed E-state index contributed by atoms with van der Waals surface area (Å²) < 4.78 is 5.62. The molecule has 1 N–H and O–H groups in total. The van der Waals surface area contributed by atoms with Crippen LogP contribution in [0.1, 0.15) is 22.3 Å². The van der Waals surface area contributed by atoms with Crippen molar-refractivity contribution in [3.05, 3.63) is 62.6 Å². The van der Waals surface area contributed by atoms with Crippen molar-refractivity contribution in [2.24, 2.45) is 5.10 Å². The van der Waals surface area contributed by atoms with Crippen LogP contribution in [0.5, 0.6) is 5.75 Å². The van der Waals surface area contributed by atoms with E-state index < -0.39 is 0 Å². The first-order valence-electron chi connectivity index (χ1n) is 7.35. The first-order valence-corrected chi connectivity index (χ1v) is 8.11. The van der Waals surface area contributed by atoms with Gasteiger partial charge in [0.05, 0.1) is 16.3 Å². The Labute approximate surface area is 151 Å². The molecule has 4 nitrogen and oxygen atoms in total. The van der Waals surface area contributed by atoms with E-state index in [9.17, 15) is 4.79 Å². The number of benzene rings is 2. The number of halogens is 2. The number of carbonyl (C=O) groups is 1. The van der Waals surface area contributed by atoms with E-state index in [0.717, 1.165) is 22.4 Å². The van der Waals surface area contributed by atoms with Gasteiger partial charge in [-0.1, -0.05) is 41.4 Å². The van der Waals surface area contributed by atoms with Crippen LogP contribution in [0.2, 0.25) is 10.0 Å². The van der Waals surface area contributed by atoms with Gasteiger partial charge in [0.1, 0.15) is 5.75 Å². The summed E-state index contributed by atoms with van der Waals surface area (Å²) in [6.07, 6.45) is 1.41. The molecule has 6 heteroatoms. The van der Waals surface area contributed by atoms with Crippen LogP contribution in [-0.4, -0.2) is 18.7 Å². The molecule has 126 valence electrons. The lowest BCUT2D eigenvalue weighted by molar-refractivity contribution is -0.123. The maximum Gasteiger partial charge on any atom is 0.277 e. The molecule has 0 fully saturated rings. The van der Waals surface area contributed by atoms with Gasteiger partial charge < -0.3 is 4.74 Å². The van der Waals surface area contributed by atoms with Crippen molar-refractivity contribution in [2.45, 2.75) is 20.8 Å². The third-order valence-electron chi connectivity index (χ3n) is 3.60. The molecule has 2 aromatic carbocycles. The Morgan fingerprint density at radius 1 is 1.12 bits per heavy atom. The van der Waals surface area contributed by atoms with E-state index in [-0.39, 0.29) is 12.5 Å². The Morgan fingerprint density at radius 3 is 2.42 bits per heavy atom. The van der Waals surface area contributed by atoms with Crippen LogP contribution in [0.4, 0.5) is 0 Å². The van der Waals surface area contributed by atoms with Gasteiger partial charge in [-0.2, -0.15) is 5.10 Å². The van der Waals surface area contributed by atoms with Crippen LogP contribution in [0, 0.1) is 20.8 Å². The average molecular weight is 365 g/mol. The van der Waals surface area contributed by atoms with Gasteiger partial charge in [0.25, 0.3) is 5.91 Å². The number of carbonyl (C=O) groups excluding carboxylic acids is 1. The second-order valence-corrected chi connectivity index (χ2v) is 6.19. The second kappa shape index (κ2) is 8.18. The summed E-state index contributed by atoms with van der Waals surface area (Å²) in [4.78, 5) is 11.9. The van der Waals surface area contributed by atoms with Gasteiger partial charge in [-0.3, -0.25) is 4.79 Å². The Kier molecular flexibility index (Phi) is 6.23. The van der Waals surface area contributed by atoms with Crippen LogP contribution in [0.25, 0.3) is 0 Å². The molecule has 0 bridgehead atoms. The number of amides is 1. The molecule has 0 radical (unpaired) electrons. The molecule has 0 saturated carbocycles. The van der Waals surface area contributed by atoms with Crippen LogP contribution in [0.15, 0.2) is 35.4 Å². The van der Waals surface area contributed by atoms with Crippen LogP contribution in [0.3, 0.4) is 0 Å². The van der Waals surface area contributed by atoms with Crippen molar-refractivity contribution in [2.75, 3.05) is 6.61 Å². The molecule has 0 aliphatic heterocycles. The molecule has 0 unspecified atom stereocenters. The minimum Gasteiger partial charge on any atom is -0.483 e. The zero-order valence-corrected chi connectivity index (χ0v) is 15.2. The fourth-order valence-corrected chi connectivity index (χ4v) is 2.62. The lowest BCUT2D eigenvalue weighted by atomic mass is 10.1. The van der Waals surface area contributed by atoms with Crippen molar-refractivity contribution in [3.8, 4) is 5.75 Å². The van der Waals surface area contributed by atoms with Gasteiger partial charge in [-0.05, 0) is 49.6 Å². The molecule has 0 saturated heterocycles. The van der Waals surface area contributed by atoms with Gasteiger partial charge >= 0.3 is 0 Å². The number of ether oxygens (including phenoxy) is 1. The number of nitrogens with one attached hydrogen (secondary N) is 1. The fraction of sp³-hybridized carbons (Fsp3) is 0.222. The van der Waals surface area contributed by atoms with Gasteiger partial charge in [0, 0.05) is 5.56 Å². The molecule has 0 aliphatic carbocycles. The van der Waals surface area contributed by atoms with E-state index in [1.807, 2.05) is 32.9 Å². The maximum absolute atomic E-state index is 11.9. The molecule has 0 aliphatic rings. The second-order valence-electron chi connectivity index (χ2n) is 5.37. The van der Waals surface area contributed by atoms with Gasteiger partial charge in [-0.25, -0.2) is 5.43 Å². The number of rotatable bonds is 5. The SMILES string of the molecule is Cc1ccc(C)c(OCC(=O)N/N=C\c2c(Cl)cccc2Cl)c1C. The summed E-state index contributed by atoms with van der Waals surface area (Å²) in [7, 11) is 0. The third kappa shape index (κ3) is 4.49. The van der Waals surface area contributed by atoms with Gasteiger partial charge in [0.2, 0.25) is 0 Å². The number of hydrazone groups is 1. The summed E-state index contributed by atoms with van der Waals surface area (Å²) in [6.45, 7) is 5.78. The van der Waals surface area contributed by atoms with Crippen LogP contribution < -0.4 is 10.2 Å². The lowest BCUT2D eigenvalue weighted by Crippen LogP contribution is -2.25. The maximum atomic E-state index is 11.9. The monoisotopic (exact) mass is 364 g/mol. The summed E-state index contributed by atoms with van der Waals surface area (Å²) in [5, 5.41) is 4.79. The lowest BCUT2D eigenvalue weighted by Gasteiger charge is -2.13. The van der Waals surface area contributed by atoms with E-state index in [1.54, 1.807) is 18.2 Å². The highest BCUT2D eigenvalue weighted by atomic mass is 35.5. The van der Waals surface area contributed by atoms with Crippen molar-refractivity contribution < 1.29 is 9.53 Å². The highest BCUT2D eigenvalue weighted by Crippen LogP contribution is 2.25. The minimum absolute atomic E-state index is 0.126. The fourth-order valence-electron chi connectivity index (χ4n) is 2.12. The molecule has 0 atom stereocenters. The molecular weight excluding hydrogens is 347 g/mol. The summed E-state index contributed by atoms with van der Waals surface area (Å²) in [6, 6.07) is 9.12. The van der Waals surface area contributed by atoms with Crippen LogP contribution in [-0.2, 0) is 4.79 Å². The first-order chi connectivity index (χ1) is 11.4. The zero-order valence-electron chi connectivity index (χ0n) is 13.7. The van der Waals surface area contributed by atoms with E-state index in [4.69, 9.17) is 27.9 Å². The first kappa shape index (κ1) is 18.3. The Bertz CT molecular complexity index is 769. The molecule has 0 spiro atoms. The summed E-state index contributed by atoms with van der Waals surface area (Å²) >= 11 is 12.0. The molecule has 0 aromatic heterocycles. The average Bonchev–Trinajstić information content (AvgIpc) is 2.54. The highest BCUT2D eigenvalue weighted by molar-refractivity contribution is 6.38. The number of hydrogen-bond acceptors (Lipinski definition) is 3. The zero-order chi connectivity index (χ0) is 17.7. The van der Waals surface area contributed by atoms with Crippen molar-refractivity contribution in [1.29, 1.82) is 0 Å². The summed E-state index contributed by atoms with van der Waals surface area (Å²) in [5.74, 6) is 0.359. The summed E-state index contributed by atoms with van der Waals surface area (Å²) in [5.41, 5.74) is 6.07. The molecule has 2 rings (SSSR count). The Hall–Kier alpha value is -2.04. The van der Waals surface area contributed by atoms with Crippen molar-refractivity contribution >= 4 is 35.3 Å². The van der Waals surface area contributed by atoms with Crippen molar-refractivity contribution in [3.63, 3.8) is 0 Å². The van der Waals surface area contributed by atoms with E-state index >= 15 is 0 Å². The molecule has 0 heterocycles. The largest absolute Gasteiger partial charge is 0.483 e. The van der Waals surface area contributed by atoms with E-state index in [2.05, 4.69) is 10.5 Å². The highest BCUT2D eigenvalue weighted by Gasteiger charge is 2.09. The molecule has 2 aromatic rings.